The molecule has 20 heavy (non-hydrogen) atoms. The molecule has 1 atom stereocenters. The second-order valence-electron chi connectivity index (χ2n) is 5.27. The molecule has 1 N–H and O–H groups in total. The number of rotatable bonds is 1. The number of hydrogen-bond donors (Lipinski definition) is 1. The van der Waals surface area contributed by atoms with Gasteiger partial charge in [0.2, 0.25) is 0 Å². The number of para-hydroxylation sites is 1. The van der Waals surface area contributed by atoms with Crippen molar-refractivity contribution in [2.45, 2.75) is 19.8 Å². The van der Waals surface area contributed by atoms with Crippen molar-refractivity contribution in [3.63, 3.8) is 0 Å². The molecule has 4 nitrogen and oxygen atoms in total. The van der Waals surface area contributed by atoms with Gasteiger partial charge < -0.3 is 9.88 Å². The van der Waals surface area contributed by atoms with E-state index >= 15 is 0 Å². The molecule has 0 saturated carbocycles. The number of aryl methyl sites for hydroxylation is 1. The van der Waals surface area contributed by atoms with Crippen molar-refractivity contribution in [2.75, 3.05) is 11.4 Å². The summed E-state index contributed by atoms with van der Waals surface area (Å²) in [5, 5.41) is 0. The number of aromatic amines is 1. The zero-order valence-electron chi connectivity index (χ0n) is 11.5. The minimum absolute atomic E-state index is 0.194. The number of carbonyl (C=O) groups is 1. The number of carbonyl (C=O) groups excluding carboxylic acids is 1. The van der Waals surface area contributed by atoms with Gasteiger partial charge in [0.25, 0.3) is 5.91 Å². The topological polar surface area (TPSA) is 53.2 Å². The lowest BCUT2D eigenvalue weighted by atomic mass is 10.0. The van der Waals surface area contributed by atoms with Crippen molar-refractivity contribution >= 4 is 11.6 Å². The highest BCUT2D eigenvalue weighted by molar-refractivity contribution is 6.07. The van der Waals surface area contributed by atoms with Crippen LogP contribution in [0.5, 0.6) is 0 Å². The lowest BCUT2D eigenvalue weighted by Crippen LogP contribution is -2.33. The van der Waals surface area contributed by atoms with Gasteiger partial charge in [-0.15, -0.1) is 0 Å². The number of pyridine rings is 1. The molecule has 0 saturated heterocycles. The highest BCUT2D eigenvalue weighted by atomic mass is 16.2. The lowest BCUT2D eigenvalue weighted by molar-refractivity contribution is 0.0987. The number of benzene rings is 1. The van der Waals surface area contributed by atoms with Gasteiger partial charge in [0, 0.05) is 36.1 Å². The smallest absolute Gasteiger partial charge is 0.263 e. The van der Waals surface area contributed by atoms with Crippen LogP contribution in [0.15, 0.2) is 41.3 Å². The van der Waals surface area contributed by atoms with Gasteiger partial charge in [-0.3, -0.25) is 9.59 Å². The highest BCUT2D eigenvalue weighted by Crippen LogP contribution is 2.36. The number of nitrogens with zero attached hydrogens (tertiary/aromatic N) is 1. The van der Waals surface area contributed by atoms with Crippen LogP contribution < -0.4 is 10.3 Å². The Morgan fingerprint density at radius 1 is 1.35 bits per heavy atom. The summed E-state index contributed by atoms with van der Waals surface area (Å²) in [6, 6.07) is 9.31. The third-order valence-electron chi connectivity index (χ3n) is 3.75. The average Bonchev–Trinajstić information content (AvgIpc) is 2.76. The van der Waals surface area contributed by atoms with E-state index in [2.05, 4.69) is 11.9 Å². The Morgan fingerprint density at radius 3 is 2.85 bits per heavy atom. The summed E-state index contributed by atoms with van der Waals surface area (Å²) in [4.78, 5) is 29.2. The van der Waals surface area contributed by atoms with Crippen LogP contribution in [0.4, 0.5) is 5.69 Å². The molecule has 1 amide bonds. The maximum Gasteiger partial charge on any atom is 0.263 e. The Morgan fingerprint density at radius 2 is 2.10 bits per heavy atom. The highest BCUT2D eigenvalue weighted by Gasteiger charge is 2.30. The van der Waals surface area contributed by atoms with E-state index in [0.29, 0.717) is 12.5 Å². The fraction of sp³-hybridized carbons (Fsp3) is 0.250. The molecule has 102 valence electrons. The molecular formula is C16H16N2O2. The molecule has 1 aliphatic heterocycles. The third kappa shape index (κ3) is 1.93. The van der Waals surface area contributed by atoms with Gasteiger partial charge in [-0.05, 0) is 18.6 Å². The second-order valence-corrected chi connectivity index (χ2v) is 5.27. The zero-order valence-corrected chi connectivity index (χ0v) is 11.5. The second kappa shape index (κ2) is 4.63. The maximum absolute atomic E-state index is 12.6. The van der Waals surface area contributed by atoms with Crippen LogP contribution in [0.3, 0.4) is 0 Å². The molecule has 0 fully saturated rings. The number of H-pyrrole nitrogens is 1. The molecule has 4 heteroatoms. The molecule has 3 rings (SSSR count). The Labute approximate surface area is 117 Å². The van der Waals surface area contributed by atoms with E-state index in [1.54, 1.807) is 11.8 Å². The van der Waals surface area contributed by atoms with Crippen molar-refractivity contribution in [3.05, 3.63) is 63.6 Å². The van der Waals surface area contributed by atoms with E-state index in [4.69, 9.17) is 0 Å². The molecule has 0 radical (unpaired) electrons. The van der Waals surface area contributed by atoms with Crippen molar-refractivity contribution in [3.8, 4) is 0 Å². The van der Waals surface area contributed by atoms with Crippen LogP contribution in [-0.2, 0) is 0 Å². The van der Waals surface area contributed by atoms with Crippen LogP contribution in [0.25, 0.3) is 0 Å². The number of hydrogen-bond acceptors (Lipinski definition) is 2. The molecule has 1 unspecified atom stereocenters. The number of anilines is 1. The molecule has 1 aromatic carbocycles. The van der Waals surface area contributed by atoms with Crippen LogP contribution in [0, 0.1) is 6.92 Å². The number of nitrogens with one attached hydrogen (secondary N) is 1. The van der Waals surface area contributed by atoms with Gasteiger partial charge in [0.1, 0.15) is 5.56 Å². The molecule has 0 spiro atoms. The number of fused-ring (bicyclic) bond motifs is 1. The monoisotopic (exact) mass is 268 g/mol. The summed E-state index contributed by atoms with van der Waals surface area (Å²) in [6.07, 6.45) is 1.51. The minimum atomic E-state index is -0.233. The van der Waals surface area contributed by atoms with Crippen molar-refractivity contribution < 1.29 is 4.79 Å². The summed E-state index contributed by atoms with van der Waals surface area (Å²) < 4.78 is 0. The maximum atomic E-state index is 12.6. The first kappa shape index (κ1) is 12.7. The molecule has 2 heterocycles. The summed E-state index contributed by atoms with van der Waals surface area (Å²) in [6.45, 7) is 4.50. The van der Waals surface area contributed by atoms with E-state index in [9.17, 15) is 9.59 Å². The summed E-state index contributed by atoms with van der Waals surface area (Å²) in [5.74, 6) is 0.0581. The van der Waals surface area contributed by atoms with Gasteiger partial charge in [0.15, 0.2) is 5.43 Å². The van der Waals surface area contributed by atoms with Crippen LogP contribution in [0.2, 0.25) is 0 Å². The van der Waals surface area contributed by atoms with Crippen LogP contribution in [-0.4, -0.2) is 17.4 Å². The van der Waals surface area contributed by atoms with Crippen LogP contribution >= 0.6 is 0 Å². The van der Waals surface area contributed by atoms with Gasteiger partial charge in [-0.2, -0.15) is 0 Å². The minimum Gasteiger partial charge on any atom is -0.364 e. The summed E-state index contributed by atoms with van der Waals surface area (Å²) >= 11 is 0. The standard InChI is InChI=1S/C16H16N2O2/c1-10-9-18(14-6-4-3-5-12(10)14)16(20)13-8-17-11(2)7-15(13)19/h3-8,10H,9H2,1-2H3,(H,17,19). The zero-order chi connectivity index (χ0) is 14.3. The van der Waals surface area contributed by atoms with Gasteiger partial charge in [-0.1, -0.05) is 25.1 Å². The fourth-order valence-corrected chi connectivity index (χ4v) is 2.70. The molecule has 1 aromatic heterocycles. The molecule has 0 aliphatic carbocycles. The lowest BCUT2D eigenvalue weighted by Gasteiger charge is -2.17. The quantitative estimate of drug-likeness (QED) is 0.863. The van der Waals surface area contributed by atoms with E-state index in [-0.39, 0.29) is 16.9 Å². The Kier molecular flexibility index (Phi) is 2.93. The van der Waals surface area contributed by atoms with Crippen molar-refractivity contribution in [1.29, 1.82) is 0 Å². The fourth-order valence-electron chi connectivity index (χ4n) is 2.70. The Bertz CT molecular complexity index is 733. The largest absolute Gasteiger partial charge is 0.364 e. The first-order chi connectivity index (χ1) is 9.58. The molecule has 1 aliphatic rings. The Balaban J connectivity index is 2.03. The summed E-state index contributed by atoms with van der Waals surface area (Å²) in [5.41, 5.74) is 2.78. The van der Waals surface area contributed by atoms with Gasteiger partial charge >= 0.3 is 0 Å². The van der Waals surface area contributed by atoms with Crippen molar-refractivity contribution in [1.82, 2.24) is 4.98 Å². The first-order valence-corrected chi connectivity index (χ1v) is 6.68. The normalized spacial score (nSPS) is 17.1. The van der Waals surface area contributed by atoms with E-state index in [0.717, 1.165) is 16.9 Å². The first-order valence-electron chi connectivity index (χ1n) is 6.68. The predicted molar refractivity (Wildman–Crippen MR) is 78.3 cm³/mol. The Hall–Kier alpha value is -2.36. The summed E-state index contributed by atoms with van der Waals surface area (Å²) in [7, 11) is 0. The SMILES string of the molecule is Cc1cc(=O)c(C(=O)N2CC(C)c3ccccc32)c[nH]1. The molecule has 0 bridgehead atoms. The average molecular weight is 268 g/mol. The van der Waals surface area contributed by atoms with E-state index in [1.807, 2.05) is 24.3 Å². The van der Waals surface area contributed by atoms with Crippen molar-refractivity contribution in [2.24, 2.45) is 0 Å². The predicted octanol–water partition coefficient (Wildman–Crippen LogP) is 2.45. The van der Waals surface area contributed by atoms with Gasteiger partial charge in [-0.25, -0.2) is 0 Å². The number of aromatic nitrogens is 1. The van der Waals surface area contributed by atoms with E-state index in [1.165, 1.54) is 12.3 Å². The third-order valence-corrected chi connectivity index (χ3v) is 3.75. The van der Waals surface area contributed by atoms with E-state index < -0.39 is 0 Å². The molecular weight excluding hydrogens is 252 g/mol. The number of amides is 1. The van der Waals surface area contributed by atoms with Crippen LogP contribution in [0.1, 0.15) is 34.5 Å². The van der Waals surface area contributed by atoms with Gasteiger partial charge in [0.05, 0.1) is 0 Å². The molecule has 2 aromatic rings.